The minimum absolute atomic E-state index is 0.00225. The first-order valence-electron chi connectivity index (χ1n) is 11.4. The van der Waals surface area contributed by atoms with E-state index in [1.165, 1.54) is 39.5 Å². The number of aromatic nitrogens is 1. The van der Waals surface area contributed by atoms with Crippen LogP contribution in [-0.4, -0.2) is 68.8 Å². The number of benzene rings is 2. The Morgan fingerprint density at radius 3 is 2.17 bits per heavy atom. The van der Waals surface area contributed by atoms with Crippen LogP contribution in [-0.2, 0) is 10.0 Å². The molecule has 0 aliphatic rings. The molecule has 3 aromatic rings. The highest BCUT2D eigenvalue weighted by Crippen LogP contribution is 2.32. The summed E-state index contributed by atoms with van der Waals surface area (Å²) in [6.07, 6.45) is 1.40. The van der Waals surface area contributed by atoms with Crippen molar-refractivity contribution in [3.8, 4) is 0 Å². The summed E-state index contributed by atoms with van der Waals surface area (Å²) in [5.41, 5.74) is 0.272. The molecule has 190 valence electrons. The SMILES string of the molecule is CCCN(CCC)S(=O)(=O)c1ccc(C(=O)N(CCN(C)C)c2nc3c(F)cc(F)cc3s2)cc1. The van der Waals surface area contributed by atoms with E-state index in [0.717, 1.165) is 17.4 Å². The second kappa shape index (κ2) is 11.5. The van der Waals surface area contributed by atoms with Gasteiger partial charge in [-0.3, -0.25) is 9.69 Å². The second-order valence-electron chi connectivity index (χ2n) is 8.42. The Kier molecular flexibility index (Phi) is 8.92. The van der Waals surface area contributed by atoms with Crippen LogP contribution in [0.4, 0.5) is 13.9 Å². The quantitative estimate of drug-likeness (QED) is 0.367. The molecule has 0 aliphatic carbocycles. The van der Waals surface area contributed by atoms with Crippen molar-refractivity contribution in [1.29, 1.82) is 0 Å². The maximum atomic E-state index is 14.2. The van der Waals surface area contributed by atoms with Crippen molar-refractivity contribution in [2.75, 3.05) is 45.2 Å². The predicted molar refractivity (Wildman–Crippen MR) is 136 cm³/mol. The molecule has 3 rings (SSSR count). The zero-order chi connectivity index (χ0) is 25.8. The van der Waals surface area contributed by atoms with Crippen molar-refractivity contribution in [2.24, 2.45) is 0 Å². The van der Waals surface area contributed by atoms with E-state index in [2.05, 4.69) is 4.98 Å². The van der Waals surface area contributed by atoms with E-state index in [1.54, 1.807) is 0 Å². The molecule has 0 bridgehead atoms. The van der Waals surface area contributed by atoms with Crippen molar-refractivity contribution in [1.82, 2.24) is 14.2 Å². The average Bonchev–Trinajstić information content (AvgIpc) is 3.23. The molecular formula is C24H30F2N4O3S2. The summed E-state index contributed by atoms with van der Waals surface area (Å²) in [5, 5.41) is 0.241. The van der Waals surface area contributed by atoms with Gasteiger partial charge in [0.15, 0.2) is 10.9 Å². The smallest absolute Gasteiger partial charge is 0.260 e. The first-order chi connectivity index (χ1) is 16.6. The summed E-state index contributed by atoms with van der Waals surface area (Å²) in [4.78, 5) is 21.1. The van der Waals surface area contributed by atoms with E-state index >= 15 is 0 Å². The van der Waals surface area contributed by atoms with E-state index in [1.807, 2.05) is 32.8 Å². The number of hydrogen-bond donors (Lipinski definition) is 0. The number of carbonyl (C=O) groups is 1. The number of thiazole rings is 1. The first kappa shape index (κ1) is 27.1. The third-order valence-electron chi connectivity index (χ3n) is 5.33. The van der Waals surface area contributed by atoms with Crippen molar-refractivity contribution in [3.05, 3.63) is 53.6 Å². The Labute approximate surface area is 209 Å². The summed E-state index contributed by atoms with van der Waals surface area (Å²) in [7, 11) is 0.0368. The van der Waals surface area contributed by atoms with E-state index in [0.29, 0.717) is 37.2 Å². The molecule has 11 heteroatoms. The molecule has 0 saturated heterocycles. The standard InChI is InChI=1S/C24H30F2N4O3S2/c1-5-11-29(12-6-2)35(32,33)19-9-7-17(8-10-19)23(31)30(14-13-28(3)4)24-27-22-20(26)15-18(25)16-21(22)34-24/h7-10,15-16H,5-6,11-14H2,1-4H3. The topological polar surface area (TPSA) is 73.8 Å². The van der Waals surface area contributed by atoms with Crippen molar-refractivity contribution in [2.45, 2.75) is 31.6 Å². The molecule has 1 aromatic heterocycles. The van der Waals surface area contributed by atoms with Crippen molar-refractivity contribution in [3.63, 3.8) is 0 Å². The van der Waals surface area contributed by atoms with Gasteiger partial charge in [0.1, 0.15) is 11.3 Å². The number of halogens is 2. The summed E-state index contributed by atoms with van der Waals surface area (Å²) < 4.78 is 55.7. The van der Waals surface area contributed by atoms with Gasteiger partial charge in [-0.15, -0.1) is 0 Å². The zero-order valence-corrected chi connectivity index (χ0v) is 21.9. The van der Waals surface area contributed by atoms with Crippen molar-refractivity contribution >= 4 is 42.6 Å². The molecular weight excluding hydrogens is 494 g/mol. The Balaban J connectivity index is 1.94. The Morgan fingerprint density at radius 2 is 1.60 bits per heavy atom. The van der Waals surface area contributed by atoms with Crippen molar-refractivity contribution < 1.29 is 22.0 Å². The number of hydrogen-bond acceptors (Lipinski definition) is 6. The number of anilines is 1. The number of carbonyl (C=O) groups excluding carboxylic acids is 1. The first-order valence-corrected chi connectivity index (χ1v) is 13.7. The molecule has 0 fully saturated rings. The van der Waals surface area contributed by atoms with Gasteiger partial charge in [0.2, 0.25) is 10.0 Å². The maximum Gasteiger partial charge on any atom is 0.260 e. The highest BCUT2D eigenvalue weighted by atomic mass is 32.2. The van der Waals surface area contributed by atoms with Gasteiger partial charge in [0, 0.05) is 37.8 Å². The van der Waals surface area contributed by atoms with Gasteiger partial charge in [-0.2, -0.15) is 4.31 Å². The minimum atomic E-state index is -3.67. The Morgan fingerprint density at radius 1 is 0.971 bits per heavy atom. The lowest BCUT2D eigenvalue weighted by atomic mass is 10.2. The molecule has 0 aliphatic heterocycles. The zero-order valence-electron chi connectivity index (χ0n) is 20.3. The third kappa shape index (κ3) is 6.21. The van der Waals surface area contributed by atoms with Crippen LogP contribution < -0.4 is 4.90 Å². The fourth-order valence-electron chi connectivity index (χ4n) is 3.57. The van der Waals surface area contributed by atoms with Gasteiger partial charge in [0.05, 0.1) is 9.60 Å². The number of fused-ring (bicyclic) bond motifs is 1. The molecule has 7 nitrogen and oxygen atoms in total. The number of amides is 1. The molecule has 0 saturated carbocycles. The van der Waals surface area contributed by atoms with Gasteiger partial charge in [-0.1, -0.05) is 25.2 Å². The fourth-order valence-corrected chi connectivity index (χ4v) is 6.22. The summed E-state index contributed by atoms with van der Waals surface area (Å²) in [6, 6.07) is 7.75. The summed E-state index contributed by atoms with van der Waals surface area (Å²) in [5.74, 6) is -1.91. The van der Waals surface area contributed by atoms with Crippen LogP contribution in [0.1, 0.15) is 37.0 Å². The molecule has 1 heterocycles. The summed E-state index contributed by atoms with van der Waals surface area (Å²) in [6.45, 7) is 5.45. The monoisotopic (exact) mass is 524 g/mol. The van der Waals surface area contributed by atoms with Crippen LogP contribution in [0.15, 0.2) is 41.3 Å². The molecule has 1 amide bonds. The van der Waals surface area contributed by atoms with Gasteiger partial charge < -0.3 is 4.90 Å². The van der Waals surface area contributed by atoms with E-state index in [4.69, 9.17) is 0 Å². The maximum absolute atomic E-state index is 14.2. The lowest BCUT2D eigenvalue weighted by molar-refractivity contribution is 0.0985. The van der Waals surface area contributed by atoms with Gasteiger partial charge in [-0.05, 0) is 57.3 Å². The van der Waals surface area contributed by atoms with Crippen LogP contribution in [0.2, 0.25) is 0 Å². The van der Waals surface area contributed by atoms with Crippen LogP contribution in [0.5, 0.6) is 0 Å². The number of likely N-dealkylation sites (N-methyl/N-ethyl adjacent to an activating group) is 1. The number of nitrogens with zero attached hydrogens (tertiary/aromatic N) is 4. The average molecular weight is 525 g/mol. The molecule has 0 unspecified atom stereocenters. The molecule has 0 atom stereocenters. The second-order valence-corrected chi connectivity index (χ2v) is 11.4. The fraction of sp³-hybridized carbons (Fsp3) is 0.417. The van der Waals surface area contributed by atoms with Gasteiger partial charge in [0.25, 0.3) is 5.91 Å². The highest BCUT2D eigenvalue weighted by molar-refractivity contribution is 7.89. The molecule has 0 radical (unpaired) electrons. The van der Waals surface area contributed by atoms with E-state index < -0.39 is 27.6 Å². The Bertz CT molecular complexity index is 1270. The summed E-state index contributed by atoms with van der Waals surface area (Å²) >= 11 is 1.02. The third-order valence-corrected chi connectivity index (χ3v) is 8.27. The molecule has 0 spiro atoms. The number of sulfonamides is 1. The highest BCUT2D eigenvalue weighted by Gasteiger charge is 2.26. The van der Waals surface area contributed by atoms with E-state index in [9.17, 15) is 22.0 Å². The molecule has 2 aromatic carbocycles. The molecule has 35 heavy (non-hydrogen) atoms. The minimum Gasteiger partial charge on any atom is -0.308 e. The predicted octanol–water partition coefficient (Wildman–Crippen LogP) is 4.59. The molecule has 0 N–H and O–H groups in total. The van der Waals surface area contributed by atoms with Crippen LogP contribution in [0.3, 0.4) is 0 Å². The Hall–Kier alpha value is -2.47. The lowest BCUT2D eigenvalue weighted by Crippen LogP contribution is -2.36. The van der Waals surface area contributed by atoms with Crippen LogP contribution >= 0.6 is 11.3 Å². The van der Waals surface area contributed by atoms with Gasteiger partial charge in [-0.25, -0.2) is 22.2 Å². The lowest BCUT2D eigenvalue weighted by Gasteiger charge is -2.23. The van der Waals surface area contributed by atoms with Gasteiger partial charge >= 0.3 is 0 Å². The number of rotatable bonds is 11. The van der Waals surface area contributed by atoms with Crippen LogP contribution in [0.25, 0.3) is 10.2 Å². The van der Waals surface area contributed by atoms with Crippen LogP contribution in [0, 0.1) is 11.6 Å². The normalized spacial score (nSPS) is 12.1. The van der Waals surface area contributed by atoms with E-state index in [-0.39, 0.29) is 27.7 Å². The largest absolute Gasteiger partial charge is 0.308 e.